The third kappa shape index (κ3) is 4.47. The molecule has 11 nitrogen and oxygen atoms in total. The number of hydrogen-bond acceptors (Lipinski definition) is 11. The van der Waals surface area contributed by atoms with Crippen molar-refractivity contribution in [2.75, 3.05) is 13.2 Å². The zero-order chi connectivity index (χ0) is 29.2. The Bertz CT molecular complexity index is 998. The van der Waals surface area contributed by atoms with E-state index in [1.807, 2.05) is 6.92 Å². The smallest absolute Gasteiger partial charge is 0.309 e. The molecule has 5 aliphatic rings. The molecular formula is C29H44O11. The Hall–Kier alpha value is -1.79. The summed E-state index contributed by atoms with van der Waals surface area (Å²) in [4.78, 5) is 37.7. The van der Waals surface area contributed by atoms with Crippen LogP contribution in [0.3, 0.4) is 0 Å². The molecule has 0 amide bonds. The second kappa shape index (κ2) is 10.5. The van der Waals surface area contributed by atoms with Crippen molar-refractivity contribution in [2.45, 2.75) is 116 Å². The predicted molar refractivity (Wildman–Crippen MR) is 137 cm³/mol. The van der Waals surface area contributed by atoms with E-state index in [2.05, 4.69) is 13.8 Å². The van der Waals surface area contributed by atoms with Gasteiger partial charge in [-0.1, -0.05) is 27.7 Å². The van der Waals surface area contributed by atoms with Gasteiger partial charge in [0, 0.05) is 31.6 Å². The van der Waals surface area contributed by atoms with Gasteiger partial charge < -0.3 is 38.6 Å². The second-order valence-electron chi connectivity index (χ2n) is 12.9. The third-order valence-corrected chi connectivity index (χ3v) is 10.9. The molecule has 40 heavy (non-hydrogen) atoms. The van der Waals surface area contributed by atoms with Gasteiger partial charge >= 0.3 is 17.9 Å². The fourth-order valence-electron chi connectivity index (χ4n) is 8.34. The molecule has 2 N–H and O–H groups in total. The summed E-state index contributed by atoms with van der Waals surface area (Å²) in [5, 5.41) is 21.6. The molecule has 0 bridgehead atoms. The normalized spacial score (nSPS) is 48.1. The molecule has 2 saturated carbocycles. The van der Waals surface area contributed by atoms with Gasteiger partial charge in [-0.25, -0.2) is 0 Å². The van der Waals surface area contributed by atoms with E-state index in [9.17, 15) is 24.6 Å². The van der Waals surface area contributed by atoms with Crippen LogP contribution in [-0.4, -0.2) is 83.9 Å². The minimum absolute atomic E-state index is 0.0296. The fraction of sp³-hybridized carbons (Fsp3) is 0.897. The first-order chi connectivity index (χ1) is 18.8. The number of hydrogen-bond donors (Lipinski definition) is 2. The van der Waals surface area contributed by atoms with Crippen LogP contribution in [-0.2, 0) is 42.8 Å². The maximum Gasteiger partial charge on any atom is 0.309 e. The van der Waals surface area contributed by atoms with Crippen LogP contribution in [0.1, 0.15) is 73.6 Å². The van der Waals surface area contributed by atoms with Crippen molar-refractivity contribution in [3.05, 3.63) is 0 Å². The third-order valence-electron chi connectivity index (χ3n) is 10.9. The molecule has 11 heteroatoms. The van der Waals surface area contributed by atoms with E-state index in [4.69, 9.17) is 28.4 Å². The van der Waals surface area contributed by atoms with Crippen LogP contribution >= 0.6 is 0 Å². The number of ether oxygens (including phenoxy) is 6. The molecule has 3 saturated heterocycles. The molecule has 5 rings (SSSR count). The summed E-state index contributed by atoms with van der Waals surface area (Å²) in [6.45, 7) is 10.5. The molecule has 3 heterocycles. The lowest BCUT2D eigenvalue weighted by atomic mass is 9.41. The molecule has 226 valence electrons. The summed E-state index contributed by atoms with van der Waals surface area (Å²) >= 11 is 0. The summed E-state index contributed by atoms with van der Waals surface area (Å²) in [5.41, 5.74) is -2.94. The van der Waals surface area contributed by atoms with Gasteiger partial charge in [0.1, 0.15) is 18.3 Å². The van der Waals surface area contributed by atoms with Gasteiger partial charge in [-0.05, 0) is 37.5 Å². The average molecular weight is 569 g/mol. The summed E-state index contributed by atoms with van der Waals surface area (Å²) in [6, 6.07) is 0. The van der Waals surface area contributed by atoms with E-state index in [0.717, 1.165) is 0 Å². The summed E-state index contributed by atoms with van der Waals surface area (Å²) in [5.74, 6) is -2.22. The zero-order valence-corrected chi connectivity index (χ0v) is 24.3. The maximum atomic E-state index is 13.0. The zero-order valence-electron chi connectivity index (χ0n) is 24.3. The van der Waals surface area contributed by atoms with Crippen molar-refractivity contribution >= 4 is 17.9 Å². The van der Waals surface area contributed by atoms with Crippen molar-refractivity contribution in [1.29, 1.82) is 0 Å². The lowest BCUT2D eigenvalue weighted by molar-refractivity contribution is -0.288. The van der Waals surface area contributed by atoms with Crippen molar-refractivity contribution in [3.63, 3.8) is 0 Å². The Kier molecular flexibility index (Phi) is 7.78. The Morgan fingerprint density at radius 1 is 1.02 bits per heavy atom. The van der Waals surface area contributed by atoms with Crippen molar-refractivity contribution in [2.24, 2.45) is 34.5 Å². The van der Waals surface area contributed by atoms with Crippen LogP contribution in [0.4, 0.5) is 0 Å². The van der Waals surface area contributed by atoms with Gasteiger partial charge in [-0.15, -0.1) is 0 Å². The predicted octanol–water partition coefficient (Wildman–Crippen LogP) is 2.09. The highest BCUT2D eigenvalue weighted by molar-refractivity contribution is 5.72. The molecule has 0 radical (unpaired) electrons. The molecule has 0 aromatic carbocycles. The summed E-state index contributed by atoms with van der Waals surface area (Å²) in [7, 11) is 0. The Morgan fingerprint density at radius 3 is 2.30 bits per heavy atom. The topological polar surface area (TPSA) is 150 Å². The summed E-state index contributed by atoms with van der Waals surface area (Å²) in [6.07, 6.45) is -2.17. The number of aliphatic hydroxyl groups is 2. The van der Waals surface area contributed by atoms with Crippen LogP contribution < -0.4 is 0 Å². The molecule has 3 aliphatic heterocycles. The number of esters is 3. The van der Waals surface area contributed by atoms with Crippen molar-refractivity contribution in [3.8, 4) is 0 Å². The first kappa shape index (κ1) is 29.7. The van der Waals surface area contributed by atoms with Gasteiger partial charge in [0.15, 0.2) is 18.7 Å². The second-order valence-corrected chi connectivity index (χ2v) is 12.9. The highest BCUT2D eigenvalue weighted by Crippen LogP contribution is 2.70. The Balaban J connectivity index is 1.61. The first-order valence-electron chi connectivity index (χ1n) is 14.6. The maximum absolute atomic E-state index is 13.0. The SMILES string of the molecule is CCC(C)C(=O)OC1C(O)CC2C(C)(C3CC4CC(O)OC4O3)C(C)CC(OC(C)=O)C2(COC(C)=O)C12CO2. The molecule has 0 aromatic heterocycles. The number of aliphatic hydroxyl groups excluding tert-OH is 2. The molecule has 5 fully saturated rings. The minimum atomic E-state index is -1.23. The van der Waals surface area contributed by atoms with Gasteiger partial charge in [0.2, 0.25) is 0 Å². The van der Waals surface area contributed by atoms with E-state index >= 15 is 0 Å². The van der Waals surface area contributed by atoms with Gasteiger partial charge in [-0.2, -0.15) is 0 Å². The van der Waals surface area contributed by atoms with Crippen LogP contribution in [0.15, 0.2) is 0 Å². The Labute approximate surface area is 235 Å². The van der Waals surface area contributed by atoms with Gasteiger partial charge in [0.05, 0.1) is 30.1 Å². The molecule has 13 atom stereocenters. The number of rotatable bonds is 7. The van der Waals surface area contributed by atoms with Crippen molar-refractivity contribution in [1.82, 2.24) is 0 Å². The fourth-order valence-corrected chi connectivity index (χ4v) is 8.34. The van der Waals surface area contributed by atoms with E-state index in [-0.39, 0.29) is 43.5 Å². The largest absolute Gasteiger partial charge is 0.465 e. The molecular weight excluding hydrogens is 524 g/mol. The number of carbonyl (C=O) groups excluding carboxylic acids is 3. The van der Waals surface area contributed by atoms with Crippen LogP contribution in [0.5, 0.6) is 0 Å². The monoisotopic (exact) mass is 568 g/mol. The molecule has 2 aliphatic carbocycles. The molecule has 13 unspecified atom stereocenters. The average Bonchev–Trinajstić information content (AvgIpc) is 3.46. The standard InChI is InChI=1S/C29H44O11/c1-7-14(2)25(34)40-24-19(32)11-20-27(6,21-9-18-10-23(33)39-26(18)38-21)15(3)8-22(37-17(5)31)28(20,12-35-16(4)30)29(24)13-36-29/h14-15,18-24,26,32-33H,7-13H2,1-6H3. The van der Waals surface area contributed by atoms with E-state index < -0.39 is 71.1 Å². The Morgan fingerprint density at radius 2 is 1.73 bits per heavy atom. The van der Waals surface area contributed by atoms with E-state index in [1.165, 1.54) is 13.8 Å². The van der Waals surface area contributed by atoms with Crippen LogP contribution in [0.2, 0.25) is 0 Å². The lowest BCUT2D eigenvalue weighted by Gasteiger charge is -2.65. The van der Waals surface area contributed by atoms with E-state index in [0.29, 0.717) is 25.7 Å². The van der Waals surface area contributed by atoms with Crippen LogP contribution in [0.25, 0.3) is 0 Å². The van der Waals surface area contributed by atoms with Crippen LogP contribution in [0, 0.1) is 34.5 Å². The quantitative estimate of drug-likeness (QED) is 0.264. The highest BCUT2D eigenvalue weighted by Gasteiger charge is 2.81. The van der Waals surface area contributed by atoms with Crippen molar-refractivity contribution < 1.29 is 53.0 Å². The summed E-state index contributed by atoms with van der Waals surface area (Å²) < 4.78 is 36.0. The van der Waals surface area contributed by atoms with Gasteiger partial charge in [0.25, 0.3) is 0 Å². The molecule has 0 aromatic rings. The highest BCUT2D eigenvalue weighted by atomic mass is 16.7. The first-order valence-corrected chi connectivity index (χ1v) is 14.6. The number of fused-ring (bicyclic) bond motifs is 3. The molecule has 1 spiro atoms. The minimum Gasteiger partial charge on any atom is -0.465 e. The lowest BCUT2D eigenvalue weighted by Crippen LogP contribution is -2.74. The number of epoxide rings is 1. The number of carbonyl (C=O) groups is 3. The van der Waals surface area contributed by atoms with Gasteiger partial charge in [-0.3, -0.25) is 14.4 Å². The van der Waals surface area contributed by atoms with E-state index in [1.54, 1.807) is 6.92 Å².